The second-order valence-electron chi connectivity index (χ2n) is 5.48. The molecule has 1 aliphatic rings. The lowest BCUT2D eigenvalue weighted by Crippen LogP contribution is -2.49. The number of nitrogens with one attached hydrogen (secondary N) is 1. The maximum absolute atomic E-state index is 13.6. The summed E-state index contributed by atoms with van der Waals surface area (Å²) >= 11 is 0. The van der Waals surface area contributed by atoms with Crippen molar-refractivity contribution in [2.24, 2.45) is 0 Å². The Hall–Kier alpha value is -2.21. The molecule has 5 nitrogen and oxygen atoms in total. The van der Waals surface area contributed by atoms with Crippen LogP contribution in [0.15, 0.2) is 34.9 Å². The topological polar surface area (TPSA) is 64.4 Å². The largest absolute Gasteiger partial charge is 0.381 e. The normalized spacial score (nSPS) is 17.2. The van der Waals surface area contributed by atoms with Crippen molar-refractivity contribution in [3.63, 3.8) is 0 Å². The van der Waals surface area contributed by atoms with Crippen LogP contribution in [0.4, 0.5) is 4.39 Å². The van der Waals surface area contributed by atoms with Crippen molar-refractivity contribution in [1.82, 2.24) is 10.5 Å². The summed E-state index contributed by atoms with van der Waals surface area (Å²) in [7, 11) is 0. The van der Waals surface area contributed by atoms with Gasteiger partial charge in [-0.25, -0.2) is 4.39 Å². The molecule has 2 heterocycles. The number of benzene rings is 1. The Morgan fingerprint density at radius 3 is 2.73 bits per heavy atom. The van der Waals surface area contributed by atoms with Crippen LogP contribution in [-0.2, 0) is 10.3 Å². The summed E-state index contributed by atoms with van der Waals surface area (Å²) in [6, 6.07) is 7.89. The Morgan fingerprint density at radius 1 is 1.32 bits per heavy atom. The Kier molecular flexibility index (Phi) is 3.94. The van der Waals surface area contributed by atoms with Gasteiger partial charge in [0.25, 0.3) is 5.91 Å². The molecule has 6 heteroatoms. The van der Waals surface area contributed by atoms with Crippen molar-refractivity contribution in [2.45, 2.75) is 25.3 Å². The maximum Gasteiger partial charge on any atom is 0.274 e. The first-order chi connectivity index (χ1) is 10.6. The summed E-state index contributed by atoms with van der Waals surface area (Å²) in [5.41, 5.74) is 0.314. The highest BCUT2D eigenvalue weighted by molar-refractivity contribution is 5.92. The first-order valence-corrected chi connectivity index (χ1v) is 7.19. The van der Waals surface area contributed by atoms with Crippen LogP contribution in [0.2, 0.25) is 0 Å². The number of nitrogens with zero attached hydrogens (tertiary/aromatic N) is 1. The van der Waals surface area contributed by atoms with E-state index in [0.29, 0.717) is 31.8 Å². The molecule has 1 aromatic carbocycles. The average Bonchev–Trinajstić information content (AvgIpc) is 2.95. The summed E-state index contributed by atoms with van der Waals surface area (Å²) in [4.78, 5) is 12.4. The lowest BCUT2D eigenvalue weighted by atomic mass is 9.82. The van der Waals surface area contributed by atoms with E-state index in [1.165, 1.54) is 12.1 Å². The van der Waals surface area contributed by atoms with Gasteiger partial charge in [0, 0.05) is 19.3 Å². The van der Waals surface area contributed by atoms with Crippen LogP contribution in [0.5, 0.6) is 0 Å². The highest BCUT2D eigenvalue weighted by Crippen LogP contribution is 2.32. The van der Waals surface area contributed by atoms with Crippen molar-refractivity contribution < 1.29 is 18.4 Å². The third kappa shape index (κ3) is 2.87. The SMILES string of the molecule is Cc1cc(C(=O)NC2(c3cccc(F)c3)CCOCC2)no1. The molecule has 1 aliphatic heterocycles. The standard InChI is InChI=1S/C16H17FN2O3/c1-11-9-14(19-22-11)15(20)18-16(5-7-21-8-6-16)12-3-2-4-13(17)10-12/h2-4,9-10H,5-8H2,1H3,(H,18,20). The second-order valence-corrected chi connectivity index (χ2v) is 5.48. The quantitative estimate of drug-likeness (QED) is 0.946. The molecule has 0 radical (unpaired) electrons. The van der Waals surface area contributed by atoms with Crippen molar-refractivity contribution in [1.29, 1.82) is 0 Å². The molecular weight excluding hydrogens is 287 g/mol. The van der Waals surface area contributed by atoms with E-state index in [4.69, 9.17) is 9.26 Å². The van der Waals surface area contributed by atoms with Crippen LogP contribution in [0, 0.1) is 12.7 Å². The first kappa shape index (κ1) is 14.7. The van der Waals surface area contributed by atoms with Gasteiger partial charge >= 0.3 is 0 Å². The fourth-order valence-electron chi connectivity index (χ4n) is 2.75. The molecule has 0 atom stereocenters. The number of carbonyl (C=O) groups is 1. The fraction of sp³-hybridized carbons (Fsp3) is 0.375. The van der Waals surface area contributed by atoms with E-state index < -0.39 is 5.54 Å². The van der Waals surface area contributed by atoms with Gasteiger partial charge in [-0.1, -0.05) is 17.3 Å². The molecule has 1 N–H and O–H groups in total. The van der Waals surface area contributed by atoms with Gasteiger partial charge in [-0.2, -0.15) is 0 Å². The minimum Gasteiger partial charge on any atom is -0.381 e. The van der Waals surface area contributed by atoms with E-state index in [1.54, 1.807) is 19.1 Å². The maximum atomic E-state index is 13.6. The van der Waals surface area contributed by atoms with E-state index in [2.05, 4.69) is 10.5 Å². The van der Waals surface area contributed by atoms with Crippen LogP contribution >= 0.6 is 0 Å². The third-order valence-electron chi connectivity index (χ3n) is 3.94. The third-order valence-corrected chi connectivity index (χ3v) is 3.94. The average molecular weight is 304 g/mol. The fourth-order valence-corrected chi connectivity index (χ4v) is 2.75. The van der Waals surface area contributed by atoms with Crippen LogP contribution < -0.4 is 5.32 Å². The molecule has 1 amide bonds. The number of aryl methyl sites for hydroxylation is 1. The number of hydrogen-bond acceptors (Lipinski definition) is 4. The van der Waals surface area contributed by atoms with Crippen molar-refractivity contribution in [3.8, 4) is 0 Å². The Balaban J connectivity index is 1.91. The van der Waals surface area contributed by atoms with Gasteiger partial charge in [0.2, 0.25) is 0 Å². The van der Waals surface area contributed by atoms with Gasteiger partial charge in [0.1, 0.15) is 11.6 Å². The summed E-state index contributed by atoms with van der Waals surface area (Å²) in [6.07, 6.45) is 1.16. The molecule has 0 aliphatic carbocycles. The van der Waals surface area contributed by atoms with E-state index in [0.717, 1.165) is 5.56 Å². The van der Waals surface area contributed by atoms with Gasteiger partial charge in [0.05, 0.1) is 5.54 Å². The monoisotopic (exact) mass is 304 g/mol. The smallest absolute Gasteiger partial charge is 0.274 e. The van der Waals surface area contributed by atoms with Crippen molar-refractivity contribution in [3.05, 3.63) is 53.2 Å². The van der Waals surface area contributed by atoms with Gasteiger partial charge < -0.3 is 14.6 Å². The molecule has 1 fully saturated rings. The molecule has 116 valence electrons. The lowest BCUT2D eigenvalue weighted by molar-refractivity contribution is 0.0342. The molecule has 1 aromatic heterocycles. The highest BCUT2D eigenvalue weighted by atomic mass is 19.1. The molecule has 0 unspecified atom stereocenters. The predicted octanol–water partition coefficient (Wildman–Crippen LogP) is 2.56. The zero-order valence-electron chi connectivity index (χ0n) is 12.3. The van der Waals surface area contributed by atoms with Gasteiger partial charge in [-0.05, 0) is 37.5 Å². The van der Waals surface area contributed by atoms with E-state index in [9.17, 15) is 9.18 Å². The molecule has 3 rings (SSSR count). The summed E-state index contributed by atoms with van der Waals surface area (Å²) in [5.74, 6) is -0.0881. The molecule has 0 bridgehead atoms. The number of carbonyl (C=O) groups excluding carboxylic acids is 1. The minimum atomic E-state index is -0.649. The molecule has 0 saturated carbocycles. The zero-order chi connectivity index (χ0) is 15.6. The Labute approximate surface area is 127 Å². The highest BCUT2D eigenvalue weighted by Gasteiger charge is 2.37. The number of rotatable bonds is 3. The molecule has 0 spiro atoms. The van der Waals surface area contributed by atoms with E-state index in [1.807, 2.05) is 6.07 Å². The zero-order valence-corrected chi connectivity index (χ0v) is 12.3. The Morgan fingerprint density at radius 2 is 2.09 bits per heavy atom. The first-order valence-electron chi connectivity index (χ1n) is 7.19. The predicted molar refractivity (Wildman–Crippen MR) is 76.8 cm³/mol. The number of hydrogen-bond donors (Lipinski definition) is 1. The second kappa shape index (κ2) is 5.88. The minimum absolute atomic E-state index is 0.222. The van der Waals surface area contributed by atoms with Crippen molar-refractivity contribution >= 4 is 5.91 Å². The number of ether oxygens (including phenoxy) is 1. The van der Waals surface area contributed by atoms with Crippen molar-refractivity contribution in [2.75, 3.05) is 13.2 Å². The van der Waals surface area contributed by atoms with E-state index in [-0.39, 0.29) is 17.4 Å². The van der Waals surface area contributed by atoms with E-state index >= 15 is 0 Å². The van der Waals surface area contributed by atoms with Gasteiger partial charge in [-0.3, -0.25) is 4.79 Å². The molecule has 1 saturated heterocycles. The summed E-state index contributed by atoms with van der Waals surface area (Å²) < 4.78 is 23.9. The van der Waals surface area contributed by atoms with Crippen LogP contribution in [0.25, 0.3) is 0 Å². The number of amides is 1. The van der Waals surface area contributed by atoms with Crippen LogP contribution in [-0.4, -0.2) is 24.3 Å². The van der Waals surface area contributed by atoms with Gasteiger partial charge in [0.15, 0.2) is 5.69 Å². The van der Waals surface area contributed by atoms with Crippen LogP contribution in [0.1, 0.15) is 34.7 Å². The van der Waals surface area contributed by atoms with Crippen LogP contribution in [0.3, 0.4) is 0 Å². The lowest BCUT2D eigenvalue weighted by Gasteiger charge is -2.38. The summed E-state index contributed by atoms with van der Waals surface area (Å²) in [5, 5.41) is 6.73. The summed E-state index contributed by atoms with van der Waals surface area (Å²) in [6.45, 7) is 2.74. The Bertz CT molecular complexity index is 678. The molecule has 2 aromatic rings. The number of aromatic nitrogens is 1. The molecule has 22 heavy (non-hydrogen) atoms. The molecular formula is C16H17FN2O3. The number of halogens is 1. The van der Waals surface area contributed by atoms with Gasteiger partial charge in [-0.15, -0.1) is 0 Å².